The summed E-state index contributed by atoms with van der Waals surface area (Å²) in [7, 11) is 0. The normalized spacial score (nSPS) is 17.3. The number of carbonyl (C=O) groups excluding carboxylic acids is 1. The molecule has 0 aromatic carbocycles. The number of furan rings is 1. The summed E-state index contributed by atoms with van der Waals surface area (Å²) < 4.78 is 6.17. The van der Waals surface area contributed by atoms with Gasteiger partial charge in [-0.25, -0.2) is 0 Å². The van der Waals surface area contributed by atoms with Gasteiger partial charge in [0.25, 0.3) is 5.91 Å². The fraction of sp³-hybridized carbons (Fsp3) is 0.333. The number of nitrogens with zero attached hydrogens (tertiary/aromatic N) is 1. The van der Waals surface area contributed by atoms with Crippen molar-refractivity contribution in [3.63, 3.8) is 0 Å². The van der Waals surface area contributed by atoms with E-state index in [1.165, 1.54) is 11.8 Å². The SMILES string of the molecule is CCN(CC)c1ccc(/C=C2/SC(=S)NC2=O)o1. The predicted octanol–water partition coefficient (Wildman–Crippen LogP) is 2.61. The van der Waals surface area contributed by atoms with E-state index in [1.807, 2.05) is 12.1 Å². The molecule has 0 spiro atoms. The lowest BCUT2D eigenvalue weighted by Gasteiger charge is -2.16. The van der Waals surface area contributed by atoms with Crippen molar-refractivity contribution >= 4 is 46.2 Å². The number of hydrogen-bond donors (Lipinski definition) is 1. The van der Waals surface area contributed by atoms with Gasteiger partial charge in [0, 0.05) is 25.2 Å². The molecule has 1 saturated heterocycles. The smallest absolute Gasteiger partial charge is 0.263 e. The van der Waals surface area contributed by atoms with E-state index >= 15 is 0 Å². The first-order chi connectivity index (χ1) is 8.63. The molecule has 0 aliphatic carbocycles. The van der Waals surface area contributed by atoms with Gasteiger partial charge in [0.15, 0.2) is 5.88 Å². The van der Waals surface area contributed by atoms with Crippen LogP contribution in [-0.2, 0) is 4.79 Å². The molecule has 1 aromatic heterocycles. The van der Waals surface area contributed by atoms with Crippen molar-refractivity contribution in [1.82, 2.24) is 5.32 Å². The average molecular weight is 282 g/mol. The summed E-state index contributed by atoms with van der Waals surface area (Å²) in [5.41, 5.74) is 0. The van der Waals surface area contributed by atoms with Gasteiger partial charge in [-0.3, -0.25) is 4.79 Å². The number of nitrogens with one attached hydrogen (secondary N) is 1. The molecule has 0 radical (unpaired) electrons. The first-order valence-corrected chi connectivity index (χ1v) is 6.96. The molecule has 4 nitrogen and oxygen atoms in total. The standard InChI is InChI=1S/C12H14N2O2S2/c1-3-14(4-2)10-6-5-8(16-10)7-9-11(15)13-12(17)18-9/h5-7H,3-4H2,1-2H3,(H,13,15,17)/b9-7+. The maximum Gasteiger partial charge on any atom is 0.263 e. The lowest BCUT2D eigenvalue weighted by molar-refractivity contribution is -0.115. The van der Waals surface area contributed by atoms with E-state index in [-0.39, 0.29) is 5.91 Å². The monoisotopic (exact) mass is 282 g/mol. The van der Waals surface area contributed by atoms with Crippen LogP contribution in [0.5, 0.6) is 0 Å². The molecule has 2 heterocycles. The summed E-state index contributed by atoms with van der Waals surface area (Å²) in [4.78, 5) is 14.2. The lowest BCUT2D eigenvalue weighted by atomic mass is 10.4. The summed E-state index contributed by atoms with van der Waals surface area (Å²) in [6, 6.07) is 3.77. The topological polar surface area (TPSA) is 45.5 Å². The van der Waals surface area contributed by atoms with Crippen molar-refractivity contribution in [1.29, 1.82) is 0 Å². The van der Waals surface area contributed by atoms with E-state index in [1.54, 1.807) is 6.08 Å². The molecule has 1 N–H and O–H groups in total. The lowest BCUT2D eigenvalue weighted by Crippen LogP contribution is -2.20. The van der Waals surface area contributed by atoms with E-state index in [0.29, 0.717) is 15.0 Å². The van der Waals surface area contributed by atoms with Gasteiger partial charge in [0.2, 0.25) is 0 Å². The Morgan fingerprint density at radius 1 is 1.44 bits per heavy atom. The maximum absolute atomic E-state index is 11.5. The van der Waals surface area contributed by atoms with Gasteiger partial charge in [0.05, 0.1) is 4.91 Å². The zero-order valence-corrected chi connectivity index (χ0v) is 11.9. The van der Waals surface area contributed by atoms with E-state index in [2.05, 4.69) is 24.1 Å². The highest BCUT2D eigenvalue weighted by Crippen LogP contribution is 2.27. The third kappa shape index (κ3) is 2.76. The third-order valence-corrected chi connectivity index (χ3v) is 3.77. The summed E-state index contributed by atoms with van der Waals surface area (Å²) >= 11 is 6.18. The molecule has 0 saturated carbocycles. The average Bonchev–Trinajstić information content (AvgIpc) is 2.89. The Morgan fingerprint density at radius 2 is 2.17 bits per heavy atom. The number of anilines is 1. The van der Waals surface area contributed by atoms with Gasteiger partial charge in [0.1, 0.15) is 10.1 Å². The number of amides is 1. The number of thiocarbonyl (C=S) groups is 1. The fourth-order valence-corrected chi connectivity index (χ4v) is 2.70. The molecule has 0 atom stereocenters. The maximum atomic E-state index is 11.5. The Bertz CT molecular complexity index is 504. The van der Waals surface area contributed by atoms with Crippen LogP contribution in [0.25, 0.3) is 6.08 Å². The zero-order valence-electron chi connectivity index (χ0n) is 10.2. The van der Waals surface area contributed by atoms with Crippen LogP contribution < -0.4 is 10.2 Å². The minimum atomic E-state index is -0.161. The van der Waals surface area contributed by atoms with Crippen LogP contribution in [0.15, 0.2) is 21.5 Å². The Balaban J connectivity index is 2.18. The van der Waals surface area contributed by atoms with Crippen LogP contribution in [0, 0.1) is 0 Å². The number of hydrogen-bond acceptors (Lipinski definition) is 5. The van der Waals surface area contributed by atoms with Crippen molar-refractivity contribution in [3.05, 3.63) is 22.8 Å². The number of rotatable bonds is 4. The second-order valence-corrected chi connectivity index (χ2v) is 5.42. The first kappa shape index (κ1) is 13.2. The highest BCUT2D eigenvalue weighted by Gasteiger charge is 2.22. The Morgan fingerprint density at radius 3 is 2.72 bits per heavy atom. The molecule has 96 valence electrons. The van der Waals surface area contributed by atoms with Crippen LogP contribution in [0.1, 0.15) is 19.6 Å². The van der Waals surface area contributed by atoms with Crippen molar-refractivity contribution in [2.24, 2.45) is 0 Å². The third-order valence-electron chi connectivity index (χ3n) is 2.60. The highest BCUT2D eigenvalue weighted by atomic mass is 32.2. The molecule has 1 aromatic rings. The van der Waals surface area contributed by atoms with E-state index < -0.39 is 0 Å². The minimum Gasteiger partial charge on any atom is -0.441 e. The Hall–Kier alpha value is -1.27. The highest BCUT2D eigenvalue weighted by molar-refractivity contribution is 8.26. The van der Waals surface area contributed by atoms with Gasteiger partial charge in [-0.15, -0.1) is 0 Å². The molecule has 6 heteroatoms. The summed E-state index contributed by atoms with van der Waals surface area (Å²) in [5, 5.41) is 2.57. The molecule has 2 rings (SSSR count). The molecule has 1 amide bonds. The Labute approximate surface area is 115 Å². The number of thioether (sulfide) groups is 1. The van der Waals surface area contributed by atoms with Crippen molar-refractivity contribution < 1.29 is 9.21 Å². The summed E-state index contributed by atoms with van der Waals surface area (Å²) in [5.74, 6) is 1.32. The van der Waals surface area contributed by atoms with E-state index in [0.717, 1.165) is 19.0 Å². The van der Waals surface area contributed by atoms with Gasteiger partial charge in [-0.05, 0) is 19.9 Å². The van der Waals surface area contributed by atoms with Crippen molar-refractivity contribution in [2.45, 2.75) is 13.8 Å². The largest absolute Gasteiger partial charge is 0.441 e. The molecular weight excluding hydrogens is 268 g/mol. The molecule has 1 fully saturated rings. The summed E-state index contributed by atoms with van der Waals surface area (Å²) in [6.45, 7) is 5.92. The zero-order chi connectivity index (χ0) is 13.1. The van der Waals surface area contributed by atoms with Crippen molar-refractivity contribution in [3.8, 4) is 0 Å². The predicted molar refractivity (Wildman–Crippen MR) is 78.6 cm³/mol. The van der Waals surface area contributed by atoms with Gasteiger partial charge < -0.3 is 14.6 Å². The Kier molecular flexibility index (Phi) is 4.08. The second kappa shape index (κ2) is 5.58. The molecule has 18 heavy (non-hydrogen) atoms. The minimum absolute atomic E-state index is 0.161. The quantitative estimate of drug-likeness (QED) is 0.679. The van der Waals surface area contributed by atoms with Gasteiger partial charge in [-0.2, -0.15) is 0 Å². The molecule has 1 aliphatic heterocycles. The van der Waals surface area contributed by atoms with Gasteiger partial charge in [-0.1, -0.05) is 24.0 Å². The molecule has 0 unspecified atom stereocenters. The van der Waals surface area contributed by atoms with Crippen molar-refractivity contribution in [2.75, 3.05) is 18.0 Å². The van der Waals surface area contributed by atoms with Crippen LogP contribution in [0.4, 0.5) is 5.88 Å². The van der Waals surface area contributed by atoms with Crippen LogP contribution >= 0.6 is 24.0 Å². The second-order valence-electron chi connectivity index (χ2n) is 3.70. The summed E-state index contributed by atoms with van der Waals surface area (Å²) in [6.07, 6.45) is 1.71. The molecule has 0 bridgehead atoms. The van der Waals surface area contributed by atoms with Crippen LogP contribution in [0.3, 0.4) is 0 Å². The molecular formula is C12H14N2O2S2. The van der Waals surface area contributed by atoms with Crippen LogP contribution in [-0.4, -0.2) is 23.3 Å². The van der Waals surface area contributed by atoms with E-state index in [4.69, 9.17) is 16.6 Å². The number of carbonyl (C=O) groups is 1. The first-order valence-electron chi connectivity index (χ1n) is 5.73. The fourth-order valence-electron chi connectivity index (χ4n) is 1.68. The van der Waals surface area contributed by atoms with E-state index in [9.17, 15) is 4.79 Å². The van der Waals surface area contributed by atoms with Gasteiger partial charge >= 0.3 is 0 Å². The molecule has 1 aliphatic rings. The van der Waals surface area contributed by atoms with Crippen LogP contribution in [0.2, 0.25) is 0 Å².